The molecule has 5 nitrogen and oxygen atoms in total. The van der Waals surface area contributed by atoms with Crippen molar-refractivity contribution in [2.24, 2.45) is 0 Å². The van der Waals surface area contributed by atoms with E-state index in [9.17, 15) is 9.59 Å². The average molecular weight is 339 g/mol. The van der Waals surface area contributed by atoms with Gasteiger partial charge in [-0.05, 0) is 37.5 Å². The van der Waals surface area contributed by atoms with E-state index in [1.807, 2.05) is 31.2 Å². The molecule has 1 aromatic rings. The molecule has 1 heterocycles. The van der Waals surface area contributed by atoms with Crippen LogP contribution >= 0.6 is 11.6 Å². The highest BCUT2D eigenvalue weighted by atomic mass is 35.5. The first-order chi connectivity index (χ1) is 11.1. The van der Waals surface area contributed by atoms with Crippen LogP contribution < -0.4 is 10.1 Å². The van der Waals surface area contributed by atoms with Crippen molar-refractivity contribution in [1.29, 1.82) is 0 Å². The van der Waals surface area contributed by atoms with E-state index in [1.54, 1.807) is 4.90 Å². The number of amides is 2. The molecule has 1 aromatic carbocycles. The third kappa shape index (κ3) is 5.43. The van der Waals surface area contributed by atoms with Gasteiger partial charge in [-0.1, -0.05) is 12.1 Å². The summed E-state index contributed by atoms with van der Waals surface area (Å²) in [6, 6.07) is 7.70. The van der Waals surface area contributed by atoms with Crippen molar-refractivity contribution < 1.29 is 14.3 Å². The van der Waals surface area contributed by atoms with E-state index in [0.29, 0.717) is 26.1 Å². The summed E-state index contributed by atoms with van der Waals surface area (Å²) in [5, 5.41) is 3.04. The molecule has 1 aliphatic rings. The quantitative estimate of drug-likeness (QED) is 0.807. The molecule has 0 saturated carbocycles. The van der Waals surface area contributed by atoms with Crippen LogP contribution in [0.1, 0.15) is 25.3 Å². The van der Waals surface area contributed by atoms with Gasteiger partial charge >= 0.3 is 0 Å². The maximum atomic E-state index is 12.1. The van der Waals surface area contributed by atoms with Crippen LogP contribution in [0.2, 0.25) is 0 Å². The van der Waals surface area contributed by atoms with Gasteiger partial charge in [0.15, 0.2) is 0 Å². The molecule has 1 N–H and O–H groups in total. The topological polar surface area (TPSA) is 58.6 Å². The minimum Gasteiger partial charge on any atom is -0.494 e. The van der Waals surface area contributed by atoms with E-state index in [-0.39, 0.29) is 23.7 Å². The molecule has 0 atom stereocenters. The number of rotatable bonds is 6. The molecule has 1 saturated heterocycles. The molecular formula is C17H23ClN2O3. The van der Waals surface area contributed by atoms with Crippen molar-refractivity contribution in [3.05, 3.63) is 29.8 Å². The van der Waals surface area contributed by atoms with E-state index in [0.717, 1.165) is 24.2 Å². The molecule has 0 aromatic heterocycles. The Morgan fingerprint density at radius 3 is 2.48 bits per heavy atom. The first-order valence-electron chi connectivity index (χ1n) is 7.97. The molecule has 0 unspecified atom stereocenters. The minimum absolute atomic E-state index is 0.0104. The molecular weight excluding hydrogens is 316 g/mol. The maximum Gasteiger partial charge on any atom is 0.237 e. The van der Waals surface area contributed by atoms with Gasteiger partial charge in [-0.3, -0.25) is 9.59 Å². The molecule has 1 aliphatic heterocycles. The van der Waals surface area contributed by atoms with Crippen molar-refractivity contribution >= 4 is 23.4 Å². The van der Waals surface area contributed by atoms with Gasteiger partial charge in [-0.2, -0.15) is 0 Å². The normalized spacial score (nSPS) is 15.3. The lowest BCUT2D eigenvalue weighted by molar-refractivity contribution is -0.129. The Labute approximate surface area is 141 Å². The highest BCUT2D eigenvalue weighted by Gasteiger charge is 2.23. The van der Waals surface area contributed by atoms with Gasteiger partial charge in [0.1, 0.15) is 11.6 Å². The number of nitrogens with zero attached hydrogens (tertiary/aromatic N) is 1. The fraction of sp³-hybridized carbons (Fsp3) is 0.529. The second-order valence-electron chi connectivity index (χ2n) is 5.61. The van der Waals surface area contributed by atoms with Crippen LogP contribution in [0.5, 0.6) is 5.75 Å². The molecule has 23 heavy (non-hydrogen) atoms. The van der Waals surface area contributed by atoms with Crippen LogP contribution in [0.3, 0.4) is 0 Å². The van der Waals surface area contributed by atoms with Crippen LogP contribution in [0, 0.1) is 0 Å². The smallest absolute Gasteiger partial charge is 0.237 e. The van der Waals surface area contributed by atoms with Gasteiger partial charge in [-0.15, -0.1) is 11.6 Å². The maximum absolute atomic E-state index is 12.1. The standard InChI is InChI=1S/C17H23ClN2O3/c1-2-23-15-5-3-13(4-6-15)11-16(21)19-14-7-9-20(10-8-14)17(22)12-18/h3-6,14H,2,7-12H2,1H3,(H,19,21). The van der Waals surface area contributed by atoms with Crippen molar-refractivity contribution in [2.75, 3.05) is 25.6 Å². The zero-order valence-electron chi connectivity index (χ0n) is 13.4. The lowest BCUT2D eigenvalue weighted by Crippen LogP contribution is -2.47. The fourth-order valence-corrected chi connectivity index (χ4v) is 2.86. The monoisotopic (exact) mass is 338 g/mol. The Hall–Kier alpha value is -1.75. The number of hydrogen-bond donors (Lipinski definition) is 1. The van der Waals surface area contributed by atoms with E-state index in [1.165, 1.54) is 0 Å². The predicted molar refractivity (Wildman–Crippen MR) is 89.8 cm³/mol. The number of carbonyl (C=O) groups is 2. The van der Waals surface area contributed by atoms with Gasteiger partial charge in [0, 0.05) is 19.1 Å². The first kappa shape index (κ1) is 17.6. The molecule has 126 valence electrons. The average Bonchev–Trinajstić information content (AvgIpc) is 2.57. The van der Waals surface area contributed by atoms with E-state index < -0.39 is 0 Å². The Morgan fingerprint density at radius 1 is 1.26 bits per heavy atom. The summed E-state index contributed by atoms with van der Waals surface area (Å²) in [6.07, 6.45) is 1.91. The SMILES string of the molecule is CCOc1ccc(CC(=O)NC2CCN(C(=O)CCl)CC2)cc1. The van der Waals surface area contributed by atoms with Crippen LogP contribution in [-0.4, -0.2) is 48.3 Å². The Bertz CT molecular complexity index is 525. The van der Waals surface area contributed by atoms with Gasteiger partial charge in [0.25, 0.3) is 0 Å². The number of alkyl halides is 1. The van der Waals surface area contributed by atoms with Crippen LogP contribution in [0.25, 0.3) is 0 Å². The van der Waals surface area contributed by atoms with Gasteiger partial charge in [0.2, 0.25) is 11.8 Å². The zero-order chi connectivity index (χ0) is 16.7. The minimum atomic E-state index is -0.0363. The van der Waals surface area contributed by atoms with Gasteiger partial charge < -0.3 is 15.0 Å². The van der Waals surface area contributed by atoms with Crippen molar-refractivity contribution in [3.8, 4) is 5.75 Å². The number of hydrogen-bond acceptors (Lipinski definition) is 3. The van der Waals surface area contributed by atoms with Gasteiger partial charge in [-0.25, -0.2) is 0 Å². The number of halogens is 1. The van der Waals surface area contributed by atoms with Crippen molar-refractivity contribution in [3.63, 3.8) is 0 Å². The third-order valence-corrected chi connectivity index (χ3v) is 4.15. The molecule has 0 spiro atoms. The fourth-order valence-electron chi connectivity index (χ4n) is 2.69. The largest absolute Gasteiger partial charge is 0.494 e. The molecule has 2 amide bonds. The predicted octanol–water partition coefficient (Wildman–Crippen LogP) is 1.97. The summed E-state index contributed by atoms with van der Waals surface area (Å²) in [4.78, 5) is 25.4. The summed E-state index contributed by atoms with van der Waals surface area (Å²) in [7, 11) is 0. The number of carbonyl (C=O) groups excluding carboxylic acids is 2. The lowest BCUT2D eigenvalue weighted by Gasteiger charge is -2.32. The second-order valence-corrected chi connectivity index (χ2v) is 5.88. The Balaban J connectivity index is 1.76. The molecule has 1 fully saturated rings. The number of benzene rings is 1. The Morgan fingerprint density at radius 2 is 1.91 bits per heavy atom. The third-order valence-electron chi connectivity index (χ3n) is 3.93. The Kier molecular flexibility index (Phi) is 6.71. The first-order valence-corrected chi connectivity index (χ1v) is 8.50. The lowest BCUT2D eigenvalue weighted by atomic mass is 10.0. The van der Waals surface area contributed by atoms with Crippen LogP contribution in [-0.2, 0) is 16.0 Å². The van der Waals surface area contributed by atoms with Crippen LogP contribution in [0.4, 0.5) is 0 Å². The highest BCUT2D eigenvalue weighted by molar-refractivity contribution is 6.27. The van der Waals surface area contributed by atoms with Crippen molar-refractivity contribution in [2.45, 2.75) is 32.2 Å². The summed E-state index contributed by atoms with van der Waals surface area (Å²) in [5.74, 6) is 0.810. The number of piperidine rings is 1. The highest BCUT2D eigenvalue weighted by Crippen LogP contribution is 2.14. The van der Waals surface area contributed by atoms with Crippen molar-refractivity contribution in [1.82, 2.24) is 10.2 Å². The number of ether oxygens (including phenoxy) is 1. The number of nitrogens with one attached hydrogen (secondary N) is 1. The van der Waals surface area contributed by atoms with Crippen LogP contribution in [0.15, 0.2) is 24.3 Å². The summed E-state index contributed by atoms with van der Waals surface area (Å²) >= 11 is 5.56. The summed E-state index contributed by atoms with van der Waals surface area (Å²) in [5.41, 5.74) is 0.959. The van der Waals surface area contributed by atoms with E-state index in [4.69, 9.17) is 16.3 Å². The second kappa shape index (κ2) is 8.77. The van der Waals surface area contributed by atoms with Gasteiger partial charge in [0.05, 0.1) is 13.0 Å². The molecule has 0 bridgehead atoms. The van der Waals surface area contributed by atoms with E-state index in [2.05, 4.69) is 5.32 Å². The molecule has 6 heteroatoms. The molecule has 0 aliphatic carbocycles. The number of likely N-dealkylation sites (tertiary alicyclic amines) is 1. The summed E-state index contributed by atoms with van der Waals surface area (Å²) in [6.45, 7) is 3.87. The van der Waals surface area contributed by atoms with E-state index >= 15 is 0 Å². The summed E-state index contributed by atoms with van der Waals surface area (Å²) < 4.78 is 5.38. The molecule has 0 radical (unpaired) electrons. The molecule has 2 rings (SSSR count). The zero-order valence-corrected chi connectivity index (χ0v) is 14.1.